The quantitative estimate of drug-likeness (QED) is 0.117. The van der Waals surface area contributed by atoms with Gasteiger partial charge in [0.2, 0.25) is 0 Å². The fraction of sp³-hybridized carbons (Fsp3) is 0.267. The van der Waals surface area contributed by atoms with Gasteiger partial charge in [0, 0.05) is 32.0 Å². The van der Waals surface area contributed by atoms with Gasteiger partial charge in [-0.05, 0) is 178 Å². The molecule has 5 heteroatoms. The minimum atomic E-state index is -0.334. The maximum atomic E-state index is 12.0. The van der Waals surface area contributed by atoms with E-state index in [0.29, 0.717) is 35.2 Å². The first kappa shape index (κ1) is 66.3. The summed E-state index contributed by atoms with van der Waals surface area (Å²) in [6, 6.07) is 81.0. The van der Waals surface area contributed by atoms with Crippen LogP contribution >= 0.6 is 0 Å². The summed E-state index contributed by atoms with van der Waals surface area (Å²) in [5.41, 5.74) is 30.8. The SMILES string of the molecule is Cc1cccc(C)c1-n1c(-c2ccc3c(n2)-c2c(O)cccc2C(C)(C)C3(C)C)nc2c(-c3[c-]c(-c4c(-c5ccccc5)cccc4-c4cccc(C(C)(C)C)c4)ccc3)c(-c3c(-c4cc(C(C)C)cc(C(C)C)c4)cccc3-c3cc(C(C)C)cc(C(C)C)c3)ccc21.[Pt]. The van der Waals surface area contributed by atoms with Gasteiger partial charge in [0.25, 0.3) is 0 Å². The fourth-order valence-electron chi connectivity index (χ4n) is 14.6. The van der Waals surface area contributed by atoms with Gasteiger partial charge in [-0.15, -0.1) is 35.4 Å². The second-order valence-corrected chi connectivity index (χ2v) is 29.9. The van der Waals surface area contributed by atoms with Crippen LogP contribution in [0.15, 0.2) is 206 Å². The number of phenols is 1. The summed E-state index contributed by atoms with van der Waals surface area (Å²) in [7, 11) is 0. The molecule has 0 saturated carbocycles. The van der Waals surface area contributed by atoms with Crippen LogP contribution in [0, 0.1) is 19.9 Å². The number of benzene rings is 10. The van der Waals surface area contributed by atoms with Crippen LogP contribution in [0.1, 0.15) is 178 Å². The van der Waals surface area contributed by atoms with Crippen LogP contribution in [0.4, 0.5) is 0 Å². The molecule has 0 fully saturated rings. The minimum absolute atomic E-state index is 0. The van der Waals surface area contributed by atoms with Gasteiger partial charge in [-0.25, -0.2) is 9.97 Å². The summed E-state index contributed by atoms with van der Waals surface area (Å²) in [6.07, 6.45) is 0. The molecule has 482 valence electrons. The molecule has 10 aromatic carbocycles. The molecular weight excluding hydrogens is 1330 g/mol. The maximum absolute atomic E-state index is 12.0. The minimum Gasteiger partial charge on any atom is -0.507 e. The van der Waals surface area contributed by atoms with Crippen LogP contribution in [0.5, 0.6) is 5.75 Å². The Labute approximate surface area is 579 Å². The third-order valence-corrected chi connectivity index (χ3v) is 20.9. The van der Waals surface area contributed by atoms with Crippen molar-refractivity contribution in [2.75, 3.05) is 0 Å². The van der Waals surface area contributed by atoms with Crippen LogP contribution in [0.2, 0.25) is 0 Å². The van der Waals surface area contributed by atoms with Crippen molar-refractivity contribution in [2.24, 2.45) is 0 Å². The fourth-order valence-corrected chi connectivity index (χ4v) is 14.6. The smallest absolute Gasteiger partial charge is 0.163 e. The zero-order valence-electron chi connectivity index (χ0n) is 58.5. The predicted octanol–water partition coefficient (Wildman–Crippen LogP) is 24.9. The van der Waals surface area contributed by atoms with Gasteiger partial charge < -0.3 is 5.11 Å². The molecule has 0 aliphatic heterocycles. The van der Waals surface area contributed by atoms with Crippen molar-refractivity contribution in [3.8, 4) is 112 Å². The Hall–Kier alpha value is -8.69. The predicted molar refractivity (Wildman–Crippen MR) is 399 cm³/mol. The molecule has 1 aliphatic carbocycles. The Balaban J connectivity index is 0.00000864. The molecule has 2 heterocycles. The van der Waals surface area contributed by atoms with Gasteiger partial charge in [-0.3, -0.25) is 4.57 Å². The maximum Gasteiger partial charge on any atom is 0.163 e. The molecular formula is C90H90N3OPt-. The number of pyridine rings is 1. The van der Waals surface area contributed by atoms with Gasteiger partial charge >= 0.3 is 0 Å². The van der Waals surface area contributed by atoms with E-state index in [-0.39, 0.29) is 43.1 Å². The van der Waals surface area contributed by atoms with Crippen molar-refractivity contribution in [3.63, 3.8) is 0 Å². The van der Waals surface area contributed by atoms with Crippen molar-refractivity contribution in [1.82, 2.24) is 14.5 Å². The first-order valence-electron chi connectivity index (χ1n) is 34.0. The number of aryl methyl sites for hydroxylation is 2. The van der Waals surface area contributed by atoms with E-state index >= 15 is 0 Å². The first-order chi connectivity index (χ1) is 44.8. The van der Waals surface area contributed by atoms with Crippen molar-refractivity contribution >= 4 is 11.0 Å². The number of aromatic nitrogens is 3. The molecule has 95 heavy (non-hydrogen) atoms. The van der Waals surface area contributed by atoms with E-state index < -0.39 is 0 Å². The molecule has 0 spiro atoms. The summed E-state index contributed by atoms with van der Waals surface area (Å²) in [5.74, 6) is 2.18. The number of fused-ring (bicyclic) bond motifs is 4. The summed E-state index contributed by atoms with van der Waals surface area (Å²) < 4.78 is 2.37. The number of hydrogen-bond donors (Lipinski definition) is 1. The molecule has 12 aromatic rings. The molecule has 0 bridgehead atoms. The largest absolute Gasteiger partial charge is 0.507 e. The van der Waals surface area contributed by atoms with E-state index in [1.54, 1.807) is 6.07 Å². The second-order valence-electron chi connectivity index (χ2n) is 29.9. The molecule has 4 nitrogen and oxygen atoms in total. The number of hydrogen-bond acceptors (Lipinski definition) is 3. The van der Waals surface area contributed by atoms with Gasteiger partial charge in [-0.1, -0.05) is 279 Å². The summed E-state index contributed by atoms with van der Waals surface area (Å²) >= 11 is 0. The van der Waals surface area contributed by atoms with Crippen LogP contribution in [-0.4, -0.2) is 19.6 Å². The van der Waals surface area contributed by atoms with E-state index in [1.807, 2.05) is 6.07 Å². The number of para-hydroxylation sites is 1. The number of rotatable bonds is 13. The molecule has 13 rings (SSSR count). The standard InChI is InChI=1S/C90H90N3O.Pt/c1-53(2)63-46-64(54(3)4)49-67(48-63)72-37-25-38-73(68-50-65(55(5)6)47-66(51-68)56(7)8)82(72)74-41-44-78-85(81(74)62-33-22-32-61(45-62)80-70(59-29-19-18-20-30-59)35-24-36-71(80)60-31-23-34-69(52-60)88(11,12)13)92-87(93(78)86-57(9)27-21-28-58(86)10)77-43-42-76-84(91-77)83-75(39-26-40-79(83)94)89(14,15)90(76,16)17;/h18-44,46-56,94H,1-17H3;/q-1;. The van der Waals surface area contributed by atoms with Gasteiger partial charge in [0.05, 0.1) is 22.4 Å². The Morgan fingerprint density at radius 1 is 0.421 bits per heavy atom. The van der Waals surface area contributed by atoms with Crippen LogP contribution in [-0.2, 0) is 37.3 Å². The van der Waals surface area contributed by atoms with Gasteiger partial charge in [-0.2, -0.15) is 0 Å². The van der Waals surface area contributed by atoms with Crippen LogP contribution < -0.4 is 0 Å². The molecule has 2 aromatic heterocycles. The summed E-state index contributed by atoms with van der Waals surface area (Å²) in [5, 5.41) is 12.0. The topological polar surface area (TPSA) is 50.9 Å². The van der Waals surface area contributed by atoms with Crippen molar-refractivity contribution in [1.29, 1.82) is 0 Å². The van der Waals surface area contributed by atoms with Crippen LogP contribution in [0.25, 0.3) is 117 Å². The molecule has 0 unspecified atom stereocenters. The first-order valence-corrected chi connectivity index (χ1v) is 34.0. The van der Waals surface area contributed by atoms with Crippen LogP contribution in [0.3, 0.4) is 0 Å². The molecule has 0 radical (unpaired) electrons. The monoisotopic (exact) mass is 1420 g/mol. The van der Waals surface area contributed by atoms with E-state index in [4.69, 9.17) is 9.97 Å². The summed E-state index contributed by atoms with van der Waals surface area (Å²) in [6.45, 7) is 39.0. The number of nitrogens with zero attached hydrogens (tertiary/aromatic N) is 3. The zero-order chi connectivity index (χ0) is 66.4. The Kier molecular flexibility index (Phi) is 17.8. The van der Waals surface area contributed by atoms with E-state index in [2.05, 4.69) is 322 Å². The van der Waals surface area contributed by atoms with Crippen molar-refractivity contribution in [2.45, 2.75) is 158 Å². The van der Waals surface area contributed by atoms with Crippen molar-refractivity contribution < 1.29 is 26.2 Å². The average molecular weight is 1420 g/mol. The van der Waals surface area contributed by atoms with Crippen molar-refractivity contribution in [3.05, 3.63) is 262 Å². The molecule has 0 atom stereocenters. The molecule has 1 aliphatic rings. The second kappa shape index (κ2) is 25.5. The average Bonchev–Trinajstić information content (AvgIpc) is 0.767. The molecule has 0 saturated heterocycles. The Morgan fingerprint density at radius 3 is 1.46 bits per heavy atom. The molecule has 0 amide bonds. The van der Waals surface area contributed by atoms with Gasteiger partial charge in [0.15, 0.2) is 5.82 Å². The third-order valence-electron chi connectivity index (χ3n) is 20.9. The summed E-state index contributed by atoms with van der Waals surface area (Å²) in [4.78, 5) is 11.9. The van der Waals surface area contributed by atoms with E-state index in [9.17, 15) is 5.11 Å². The number of phenolic OH excluding ortho intramolecular Hbond substituents is 1. The number of aromatic hydroxyl groups is 1. The van der Waals surface area contributed by atoms with Gasteiger partial charge in [0.1, 0.15) is 11.4 Å². The molecule has 1 N–H and O–H groups in total. The normalized spacial score (nSPS) is 13.4. The van der Waals surface area contributed by atoms with E-state index in [1.165, 1.54) is 38.9 Å². The van der Waals surface area contributed by atoms with E-state index in [0.717, 1.165) is 117 Å². The third kappa shape index (κ3) is 11.8. The Bertz CT molecular complexity index is 4770. The zero-order valence-corrected chi connectivity index (χ0v) is 60.8. The number of imidazole rings is 1. The Morgan fingerprint density at radius 2 is 0.905 bits per heavy atom.